The Morgan fingerprint density at radius 3 is 2.68 bits per heavy atom. The van der Waals surface area contributed by atoms with Crippen LogP contribution in [0.2, 0.25) is 0 Å². The fourth-order valence-corrected chi connectivity index (χ4v) is 3.12. The average molecular weight is 324 g/mol. The highest BCUT2D eigenvalue weighted by Crippen LogP contribution is 2.25. The monoisotopic (exact) mass is 323 g/mol. The summed E-state index contributed by atoms with van der Waals surface area (Å²) in [4.78, 5) is 16.4. The zero-order valence-electron chi connectivity index (χ0n) is 10.8. The SMILES string of the molecule is O=C1N(c2ccc(Br)cc2)CCN1C1CCCNC1. The number of urea groups is 1. The number of nitrogens with one attached hydrogen (secondary N) is 1. The molecule has 2 aliphatic rings. The van der Waals surface area contributed by atoms with Gasteiger partial charge in [0.05, 0.1) is 0 Å². The molecule has 0 bridgehead atoms. The van der Waals surface area contributed by atoms with E-state index in [1.165, 1.54) is 0 Å². The van der Waals surface area contributed by atoms with Crippen molar-refractivity contribution in [1.29, 1.82) is 0 Å². The Morgan fingerprint density at radius 1 is 1.21 bits per heavy atom. The van der Waals surface area contributed by atoms with Crippen molar-refractivity contribution in [3.05, 3.63) is 28.7 Å². The molecule has 0 aromatic heterocycles. The highest BCUT2D eigenvalue weighted by Gasteiger charge is 2.34. The van der Waals surface area contributed by atoms with Crippen molar-refractivity contribution in [1.82, 2.24) is 10.2 Å². The lowest BCUT2D eigenvalue weighted by Crippen LogP contribution is -2.47. The van der Waals surface area contributed by atoms with Crippen molar-refractivity contribution in [2.45, 2.75) is 18.9 Å². The van der Waals surface area contributed by atoms with Crippen LogP contribution in [0.5, 0.6) is 0 Å². The van der Waals surface area contributed by atoms with Crippen LogP contribution in [-0.4, -0.2) is 43.2 Å². The molecule has 5 heteroatoms. The summed E-state index contributed by atoms with van der Waals surface area (Å²) in [6.07, 6.45) is 2.28. The Hall–Kier alpha value is -1.07. The maximum atomic E-state index is 12.5. The Balaban J connectivity index is 1.72. The smallest absolute Gasteiger partial charge is 0.318 e. The van der Waals surface area contributed by atoms with Crippen LogP contribution in [0.15, 0.2) is 28.7 Å². The van der Waals surface area contributed by atoms with Gasteiger partial charge >= 0.3 is 6.03 Å². The minimum Gasteiger partial charge on any atom is -0.318 e. The molecule has 2 amide bonds. The molecule has 0 spiro atoms. The summed E-state index contributed by atoms with van der Waals surface area (Å²) < 4.78 is 1.04. The third-order valence-corrected chi connectivity index (χ3v) is 4.42. The molecule has 1 unspecified atom stereocenters. The molecular weight excluding hydrogens is 306 g/mol. The van der Waals surface area contributed by atoms with Gasteiger partial charge in [-0.25, -0.2) is 4.79 Å². The zero-order valence-corrected chi connectivity index (χ0v) is 12.4. The normalized spacial score (nSPS) is 24.1. The average Bonchev–Trinajstić information content (AvgIpc) is 2.83. The van der Waals surface area contributed by atoms with Gasteiger partial charge in [-0.3, -0.25) is 4.90 Å². The second-order valence-electron chi connectivity index (χ2n) is 5.10. The second kappa shape index (κ2) is 5.51. The molecule has 19 heavy (non-hydrogen) atoms. The molecular formula is C14H18BrN3O. The van der Waals surface area contributed by atoms with E-state index in [0.29, 0.717) is 6.04 Å². The molecule has 2 saturated heterocycles. The summed E-state index contributed by atoms with van der Waals surface area (Å²) in [5, 5.41) is 3.38. The molecule has 1 aromatic carbocycles. The summed E-state index contributed by atoms with van der Waals surface area (Å²) in [6, 6.07) is 8.45. The topological polar surface area (TPSA) is 35.6 Å². The molecule has 1 aromatic rings. The second-order valence-corrected chi connectivity index (χ2v) is 6.02. The molecule has 4 nitrogen and oxygen atoms in total. The predicted molar refractivity (Wildman–Crippen MR) is 79.5 cm³/mol. The molecule has 2 aliphatic heterocycles. The van der Waals surface area contributed by atoms with Crippen molar-refractivity contribution < 1.29 is 4.79 Å². The zero-order chi connectivity index (χ0) is 13.2. The molecule has 0 aliphatic carbocycles. The van der Waals surface area contributed by atoms with E-state index in [2.05, 4.69) is 21.2 Å². The summed E-state index contributed by atoms with van der Waals surface area (Å²) in [5.41, 5.74) is 0.986. The minimum atomic E-state index is 0.149. The number of halogens is 1. The first-order valence-corrected chi connectivity index (χ1v) is 7.59. The molecule has 0 radical (unpaired) electrons. The summed E-state index contributed by atoms with van der Waals surface area (Å²) >= 11 is 3.42. The first-order chi connectivity index (χ1) is 9.25. The number of piperidine rings is 1. The van der Waals surface area contributed by atoms with Crippen molar-refractivity contribution in [2.24, 2.45) is 0 Å². The van der Waals surface area contributed by atoms with Crippen molar-refractivity contribution >= 4 is 27.6 Å². The number of rotatable bonds is 2. The highest BCUT2D eigenvalue weighted by atomic mass is 79.9. The number of anilines is 1. The van der Waals surface area contributed by atoms with E-state index in [1.54, 1.807) is 0 Å². The number of amides is 2. The Kier molecular flexibility index (Phi) is 3.75. The van der Waals surface area contributed by atoms with E-state index in [4.69, 9.17) is 0 Å². The van der Waals surface area contributed by atoms with Gasteiger partial charge in [0.25, 0.3) is 0 Å². The van der Waals surface area contributed by atoms with E-state index < -0.39 is 0 Å². The molecule has 2 heterocycles. The lowest BCUT2D eigenvalue weighted by molar-refractivity contribution is 0.187. The summed E-state index contributed by atoms with van der Waals surface area (Å²) in [6.45, 7) is 3.63. The van der Waals surface area contributed by atoms with Crippen LogP contribution in [0.1, 0.15) is 12.8 Å². The van der Waals surface area contributed by atoms with E-state index in [-0.39, 0.29) is 6.03 Å². The number of carbonyl (C=O) groups is 1. The molecule has 3 rings (SSSR count). The first-order valence-electron chi connectivity index (χ1n) is 6.80. The van der Waals surface area contributed by atoms with E-state index in [0.717, 1.165) is 49.2 Å². The van der Waals surface area contributed by atoms with Gasteiger partial charge in [-0.1, -0.05) is 15.9 Å². The highest BCUT2D eigenvalue weighted by molar-refractivity contribution is 9.10. The third-order valence-electron chi connectivity index (χ3n) is 3.89. The van der Waals surface area contributed by atoms with Gasteiger partial charge in [-0.15, -0.1) is 0 Å². The van der Waals surface area contributed by atoms with E-state index in [9.17, 15) is 4.79 Å². The quantitative estimate of drug-likeness (QED) is 0.907. The number of hydrogen-bond donors (Lipinski definition) is 1. The number of carbonyl (C=O) groups excluding carboxylic acids is 1. The predicted octanol–water partition coefficient (Wildman–Crippen LogP) is 2.44. The lowest BCUT2D eigenvalue weighted by atomic mass is 10.1. The molecule has 1 atom stereocenters. The summed E-state index contributed by atoms with van der Waals surface area (Å²) in [5.74, 6) is 0. The van der Waals surface area contributed by atoms with Gasteiger partial charge in [-0.05, 0) is 43.7 Å². The lowest BCUT2D eigenvalue weighted by Gasteiger charge is -2.31. The molecule has 102 valence electrons. The third kappa shape index (κ3) is 2.62. The van der Waals surface area contributed by atoms with Crippen molar-refractivity contribution in [2.75, 3.05) is 31.1 Å². The fraction of sp³-hybridized carbons (Fsp3) is 0.500. The number of hydrogen-bond acceptors (Lipinski definition) is 2. The number of benzene rings is 1. The Morgan fingerprint density at radius 2 is 2.00 bits per heavy atom. The Bertz CT molecular complexity index is 456. The van der Waals surface area contributed by atoms with E-state index in [1.807, 2.05) is 34.1 Å². The van der Waals surface area contributed by atoms with Gasteiger partial charge in [-0.2, -0.15) is 0 Å². The van der Waals surface area contributed by atoms with Gasteiger partial charge in [0.2, 0.25) is 0 Å². The van der Waals surface area contributed by atoms with Crippen LogP contribution in [0.25, 0.3) is 0 Å². The van der Waals surface area contributed by atoms with Crippen LogP contribution >= 0.6 is 15.9 Å². The standard InChI is InChI=1S/C14H18BrN3O/c15-11-3-5-12(6-4-11)17-8-9-18(14(17)19)13-2-1-7-16-10-13/h3-6,13,16H,1-2,7-10H2. The summed E-state index contributed by atoms with van der Waals surface area (Å²) in [7, 11) is 0. The minimum absolute atomic E-state index is 0.149. The number of nitrogens with zero attached hydrogens (tertiary/aromatic N) is 2. The molecule has 0 saturated carbocycles. The van der Waals surface area contributed by atoms with Crippen LogP contribution in [0, 0.1) is 0 Å². The maximum Gasteiger partial charge on any atom is 0.324 e. The van der Waals surface area contributed by atoms with Gasteiger partial charge in [0.15, 0.2) is 0 Å². The fourth-order valence-electron chi connectivity index (χ4n) is 2.85. The van der Waals surface area contributed by atoms with Gasteiger partial charge in [0.1, 0.15) is 0 Å². The van der Waals surface area contributed by atoms with E-state index >= 15 is 0 Å². The van der Waals surface area contributed by atoms with Crippen LogP contribution in [0.4, 0.5) is 10.5 Å². The Labute approximate surface area is 121 Å². The van der Waals surface area contributed by atoms with Gasteiger partial charge < -0.3 is 10.2 Å². The first kappa shape index (κ1) is 12.9. The van der Waals surface area contributed by atoms with Crippen LogP contribution in [0.3, 0.4) is 0 Å². The largest absolute Gasteiger partial charge is 0.324 e. The molecule has 1 N–H and O–H groups in total. The van der Waals surface area contributed by atoms with Crippen molar-refractivity contribution in [3.8, 4) is 0 Å². The van der Waals surface area contributed by atoms with Crippen molar-refractivity contribution in [3.63, 3.8) is 0 Å². The maximum absolute atomic E-state index is 12.5. The van der Waals surface area contributed by atoms with Crippen LogP contribution in [-0.2, 0) is 0 Å². The molecule has 2 fully saturated rings. The van der Waals surface area contributed by atoms with Gasteiger partial charge in [0, 0.05) is 35.8 Å². The van der Waals surface area contributed by atoms with Crippen LogP contribution < -0.4 is 10.2 Å².